The van der Waals surface area contributed by atoms with Crippen LogP contribution in [0.1, 0.15) is 0 Å². The molecular weight excluding hydrogens is 417 g/mol. The van der Waals surface area contributed by atoms with Crippen molar-refractivity contribution in [1.29, 1.82) is 0 Å². The van der Waals surface area contributed by atoms with Gasteiger partial charge in [-0.3, -0.25) is 0 Å². The van der Waals surface area contributed by atoms with Crippen LogP contribution < -0.4 is 6.15 Å². The summed E-state index contributed by atoms with van der Waals surface area (Å²) in [7, 11) is -5.25. The van der Waals surface area contributed by atoms with E-state index in [0.717, 1.165) is 6.54 Å². The summed E-state index contributed by atoms with van der Waals surface area (Å²) in [4.78, 5) is 45.2. The van der Waals surface area contributed by atoms with Crippen LogP contribution in [0.15, 0.2) is 12.7 Å². The average Bonchev–Trinajstić information content (AvgIpc) is 1.76. The van der Waals surface area contributed by atoms with E-state index in [1.807, 2.05) is 20.2 Å². The summed E-state index contributed by atoms with van der Waals surface area (Å²) in [6.45, 7) is 4.53. The van der Waals surface area contributed by atoms with Crippen molar-refractivity contribution in [2.75, 3.05) is 20.6 Å². The second-order valence-corrected chi connectivity index (χ2v) is 4.63. The van der Waals surface area contributed by atoms with E-state index < -0.39 is 15.6 Å². The molecule has 111 valence electrons. The van der Waals surface area contributed by atoms with Crippen molar-refractivity contribution >= 4 is 15.6 Å². The Labute approximate surface area is 133 Å². The first-order valence-electron chi connectivity index (χ1n) is 3.59. The van der Waals surface area contributed by atoms with Crippen LogP contribution in [-0.2, 0) is 9.13 Å². The molecule has 0 aliphatic heterocycles. The van der Waals surface area contributed by atoms with Crippen molar-refractivity contribution in [3.8, 4) is 0 Å². The predicted octanol–water partition coefficient (Wildman–Crippen LogP) is -0.961. The first-order valence-corrected chi connectivity index (χ1v) is 6.72. The number of hydrogen-bond acceptors (Lipinski definition) is 4. The fourth-order valence-corrected chi connectivity index (χ4v) is 0.258. The molecule has 0 fully saturated rings. The van der Waals surface area contributed by atoms with Gasteiger partial charge in [-0.2, -0.15) is 0 Å². The normalized spacial score (nSPS) is 9.61. The summed E-state index contributed by atoms with van der Waals surface area (Å²) in [6.07, 6.45) is 1.88. The Morgan fingerprint density at radius 2 is 1.17 bits per heavy atom. The van der Waals surface area contributed by atoms with Crippen molar-refractivity contribution in [2.24, 2.45) is 0 Å². The van der Waals surface area contributed by atoms with Gasteiger partial charge in [0.05, 0.1) is 0 Å². The fraction of sp³-hybridized carbons (Fsp3) is 0.600. The van der Waals surface area contributed by atoms with Crippen LogP contribution >= 0.6 is 15.6 Å². The van der Waals surface area contributed by atoms with Gasteiger partial charge >= 0.3 is 15.6 Å². The van der Waals surface area contributed by atoms with E-state index in [0.29, 0.717) is 0 Å². The fourth-order valence-electron chi connectivity index (χ4n) is 0.258. The third-order valence-corrected chi connectivity index (χ3v) is 0.494. The van der Waals surface area contributed by atoms with Gasteiger partial charge in [-0.05, 0) is 14.1 Å². The zero-order chi connectivity index (χ0) is 14.0. The monoisotopic (exact) mass is 437 g/mol. The zero-order valence-corrected chi connectivity index (χ0v) is 15.5. The molecule has 1 radical (unpaired) electrons. The predicted molar refractivity (Wildman–Crippen MR) is 62.3 cm³/mol. The summed E-state index contributed by atoms with van der Waals surface area (Å²) in [5, 5.41) is 0. The molecule has 10 nitrogen and oxygen atoms in total. The molecule has 0 aromatic heterocycles. The maximum atomic E-state index is 8.88. The molecule has 13 heteroatoms. The van der Waals surface area contributed by atoms with Gasteiger partial charge < -0.3 is 40.4 Å². The molecule has 0 aliphatic rings. The third-order valence-electron chi connectivity index (χ3n) is 0.494. The molecule has 0 spiro atoms. The average molecular weight is 437 g/mol. The van der Waals surface area contributed by atoms with E-state index in [9.17, 15) is 0 Å². The van der Waals surface area contributed by atoms with Crippen LogP contribution in [0, 0.1) is 35.6 Å². The zero-order valence-electron chi connectivity index (χ0n) is 10.1. The molecule has 0 saturated heterocycles. The van der Waals surface area contributed by atoms with Crippen molar-refractivity contribution in [2.45, 2.75) is 0 Å². The Bertz CT molecular complexity index is 228. The van der Waals surface area contributed by atoms with Crippen LogP contribution in [0.25, 0.3) is 0 Å². The molecule has 0 unspecified atom stereocenters. The summed E-state index contributed by atoms with van der Waals surface area (Å²) in [5.74, 6) is 0. The van der Waals surface area contributed by atoms with E-state index in [2.05, 4.69) is 11.5 Å². The number of nitrogens with zero attached hydrogens (tertiary/aromatic N) is 1. The quantitative estimate of drug-likeness (QED) is 0.209. The molecule has 0 atom stereocenters. The summed E-state index contributed by atoms with van der Waals surface area (Å²) >= 11 is 0. The maximum absolute atomic E-state index is 8.88. The van der Waals surface area contributed by atoms with E-state index >= 15 is 0 Å². The van der Waals surface area contributed by atoms with Gasteiger partial charge in [0.2, 0.25) is 0 Å². The van der Waals surface area contributed by atoms with E-state index in [4.69, 9.17) is 38.5 Å². The summed E-state index contributed by atoms with van der Waals surface area (Å²) in [5.41, 5.74) is 0. The molecule has 0 rings (SSSR count). The molecular formula is C5H20LaN2O8P2. The minimum atomic E-state index is -4.64. The number of hydrogen-bond donors (Lipinski definition) is 7. The van der Waals surface area contributed by atoms with Crippen LogP contribution in [-0.4, -0.2) is 54.9 Å². The van der Waals surface area contributed by atoms with E-state index in [1.165, 1.54) is 0 Å². The van der Waals surface area contributed by atoms with Gasteiger partial charge in [0.1, 0.15) is 0 Å². The topological polar surface area (TPSA) is 194 Å². The van der Waals surface area contributed by atoms with E-state index in [-0.39, 0.29) is 41.7 Å². The molecule has 0 bridgehead atoms. The standard InChI is InChI=1S/C5H11N.La.H3N.2H3O4P/c1-4-5-6(2)3;;;2*1-5(2,3)4/h4H,1,5H2,2-3H3;;1H3;2*(H3,1,2,3,4). The molecule has 0 aromatic carbocycles. The van der Waals surface area contributed by atoms with Crippen LogP contribution in [0.3, 0.4) is 0 Å². The molecule has 0 saturated carbocycles. The number of phosphoric acid groups is 2. The molecule has 9 N–H and O–H groups in total. The Hall–Kier alpha value is 1.07. The van der Waals surface area contributed by atoms with Gasteiger partial charge in [0.15, 0.2) is 0 Å². The minimum absolute atomic E-state index is 0. The van der Waals surface area contributed by atoms with Crippen LogP contribution in [0.5, 0.6) is 0 Å². The third kappa shape index (κ3) is 266. The molecule has 0 aromatic rings. The SMILES string of the molecule is C=CCN(C)C.N.O=P(O)(O)O.O=P(O)(O)O.[La]. The van der Waals surface area contributed by atoms with Gasteiger partial charge in [-0.25, -0.2) is 9.13 Å². The van der Waals surface area contributed by atoms with Gasteiger partial charge in [-0.15, -0.1) is 6.58 Å². The van der Waals surface area contributed by atoms with Gasteiger partial charge in [0, 0.05) is 42.1 Å². The van der Waals surface area contributed by atoms with Gasteiger partial charge in [-0.1, -0.05) is 6.08 Å². The Kier molecular flexibility index (Phi) is 28.2. The maximum Gasteiger partial charge on any atom is 0.466 e. The molecule has 0 heterocycles. The van der Waals surface area contributed by atoms with Crippen LogP contribution in [0.4, 0.5) is 0 Å². The first kappa shape index (κ1) is 31.5. The molecule has 18 heavy (non-hydrogen) atoms. The smallest absolute Gasteiger partial charge is 0.344 e. The first-order chi connectivity index (χ1) is 6.77. The molecule has 0 amide bonds. The minimum Gasteiger partial charge on any atom is -0.344 e. The van der Waals surface area contributed by atoms with Crippen LogP contribution in [0.2, 0.25) is 0 Å². The Morgan fingerprint density at radius 1 is 1.00 bits per heavy atom. The second-order valence-electron chi connectivity index (χ2n) is 2.58. The number of rotatable bonds is 2. The van der Waals surface area contributed by atoms with Crippen molar-refractivity contribution < 1.29 is 74.1 Å². The summed E-state index contributed by atoms with van der Waals surface area (Å²) < 4.78 is 17.8. The van der Waals surface area contributed by atoms with Gasteiger partial charge in [0.25, 0.3) is 0 Å². The van der Waals surface area contributed by atoms with Crippen molar-refractivity contribution in [3.05, 3.63) is 12.7 Å². The Morgan fingerprint density at radius 3 is 1.17 bits per heavy atom. The number of likely N-dealkylation sites (N-methyl/N-ethyl adjacent to an activating group) is 1. The van der Waals surface area contributed by atoms with Crippen molar-refractivity contribution in [1.82, 2.24) is 11.1 Å². The summed E-state index contributed by atoms with van der Waals surface area (Å²) in [6, 6.07) is 0. The molecule has 0 aliphatic carbocycles. The van der Waals surface area contributed by atoms with E-state index in [1.54, 1.807) is 0 Å². The largest absolute Gasteiger partial charge is 0.466 e. The van der Waals surface area contributed by atoms with Crippen molar-refractivity contribution in [3.63, 3.8) is 0 Å². The Balaban J connectivity index is -0.0000000447. The second kappa shape index (κ2) is 16.1.